The van der Waals surface area contributed by atoms with Crippen LogP contribution in [0.4, 0.5) is 0 Å². The van der Waals surface area contributed by atoms with E-state index >= 15 is 0 Å². The zero-order chi connectivity index (χ0) is 20.1. The van der Waals surface area contributed by atoms with Gasteiger partial charge in [0.2, 0.25) is 5.78 Å². The maximum absolute atomic E-state index is 12.6. The number of Topliss-reactive ketones (excluding diaryl/α,β-unsaturated/α-hetero) is 1. The molecule has 0 aliphatic carbocycles. The number of hydrogen-bond donors (Lipinski definition) is 0. The molecule has 0 spiro atoms. The highest BCUT2D eigenvalue weighted by Gasteiger charge is 2.20. The van der Waals surface area contributed by atoms with Gasteiger partial charge >= 0.3 is 5.97 Å². The van der Waals surface area contributed by atoms with Gasteiger partial charge in [0.1, 0.15) is 5.76 Å². The van der Waals surface area contributed by atoms with Crippen LogP contribution in [0.5, 0.6) is 0 Å². The molecule has 1 atom stereocenters. The molecule has 0 saturated carbocycles. The second-order valence-electron chi connectivity index (χ2n) is 6.62. The molecule has 144 valence electrons. The maximum Gasteiger partial charge on any atom is 0.331 e. The second-order valence-corrected chi connectivity index (χ2v) is 6.62. The van der Waals surface area contributed by atoms with E-state index in [4.69, 9.17) is 9.15 Å². The van der Waals surface area contributed by atoms with Crippen molar-refractivity contribution in [1.82, 2.24) is 4.57 Å². The fourth-order valence-electron chi connectivity index (χ4n) is 3.33. The maximum atomic E-state index is 12.6. The number of ether oxygens (including phenoxy) is 1. The lowest BCUT2D eigenvalue weighted by atomic mass is 10.1. The lowest BCUT2D eigenvalue weighted by molar-refractivity contribution is -0.136. The monoisotopic (exact) mass is 377 g/mol. The largest absolute Gasteiger partial charge is 0.465 e. The van der Waals surface area contributed by atoms with Gasteiger partial charge in [0, 0.05) is 23.0 Å². The minimum absolute atomic E-state index is 0.0986. The van der Waals surface area contributed by atoms with Crippen LogP contribution in [0.2, 0.25) is 0 Å². The third-order valence-electron chi connectivity index (χ3n) is 4.73. The smallest absolute Gasteiger partial charge is 0.331 e. The molecule has 3 rings (SSSR count). The summed E-state index contributed by atoms with van der Waals surface area (Å²) in [6.07, 6.45) is 4.26. The molecule has 0 N–H and O–H groups in total. The summed E-state index contributed by atoms with van der Waals surface area (Å²) >= 11 is 0. The van der Waals surface area contributed by atoms with E-state index in [1.165, 1.54) is 18.4 Å². The van der Waals surface area contributed by atoms with Crippen molar-refractivity contribution in [3.63, 3.8) is 0 Å². The highest BCUT2D eigenvalue weighted by atomic mass is 16.5. The highest BCUT2D eigenvalue weighted by molar-refractivity contribution is 6.00. The Bertz CT molecular complexity index is 981. The number of benzene rings is 1. The van der Waals surface area contributed by atoms with Crippen LogP contribution in [0.25, 0.3) is 6.08 Å². The summed E-state index contributed by atoms with van der Waals surface area (Å²) in [6, 6.07) is 15.5. The van der Waals surface area contributed by atoms with Gasteiger partial charge in [-0.25, -0.2) is 4.79 Å². The van der Waals surface area contributed by atoms with Crippen molar-refractivity contribution in [2.45, 2.75) is 26.8 Å². The normalized spacial score (nSPS) is 12.2. The molecule has 3 aromatic rings. The third-order valence-corrected chi connectivity index (χ3v) is 4.73. The van der Waals surface area contributed by atoms with E-state index in [1.54, 1.807) is 12.1 Å². The van der Waals surface area contributed by atoms with Crippen molar-refractivity contribution < 1.29 is 18.7 Å². The van der Waals surface area contributed by atoms with Gasteiger partial charge in [-0.05, 0) is 50.6 Å². The molecule has 2 heterocycles. The molecule has 5 nitrogen and oxygen atoms in total. The van der Waals surface area contributed by atoms with Crippen LogP contribution in [0.1, 0.15) is 46.0 Å². The van der Waals surface area contributed by atoms with Crippen molar-refractivity contribution in [3.05, 3.63) is 89.1 Å². The molecule has 0 saturated heterocycles. The first-order valence-electron chi connectivity index (χ1n) is 9.12. The Morgan fingerprint density at radius 1 is 1.14 bits per heavy atom. The van der Waals surface area contributed by atoms with Crippen molar-refractivity contribution in [3.8, 4) is 0 Å². The van der Waals surface area contributed by atoms with Crippen LogP contribution >= 0.6 is 0 Å². The fraction of sp³-hybridized carbons (Fsp3) is 0.217. The molecule has 0 aliphatic heterocycles. The Hall–Kier alpha value is -3.34. The Morgan fingerprint density at radius 3 is 2.57 bits per heavy atom. The van der Waals surface area contributed by atoms with E-state index in [0.29, 0.717) is 11.3 Å². The summed E-state index contributed by atoms with van der Waals surface area (Å²) in [5.74, 6) is -0.266. The van der Waals surface area contributed by atoms with E-state index < -0.39 is 5.97 Å². The molecule has 0 fully saturated rings. The summed E-state index contributed by atoms with van der Waals surface area (Å²) in [5, 5.41) is 0. The van der Waals surface area contributed by atoms with Gasteiger partial charge in [-0.2, -0.15) is 0 Å². The van der Waals surface area contributed by atoms with E-state index in [-0.39, 0.29) is 18.4 Å². The van der Waals surface area contributed by atoms with Gasteiger partial charge in [-0.3, -0.25) is 4.79 Å². The van der Waals surface area contributed by atoms with Crippen LogP contribution in [-0.2, 0) is 9.53 Å². The van der Waals surface area contributed by atoms with Gasteiger partial charge in [0.05, 0.1) is 12.3 Å². The number of ketones is 1. The minimum Gasteiger partial charge on any atom is -0.465 e. The minimum atomic E-state index is -0.587. The number of furan rings is 1. The van der Waals surface area contributed by atoms with Crippen molar-refractivity contribution >= 4 is 17.8 Å². The van der Waals surface area contributed by atoms with E-state index in [0.717, 1.165) is 17.0 Å². The lowest BCUT2D eigenvalue weighted by Gasteiger charge is -2.19. The van der Waals surface area contributed by atoms with Gasteiger partial charge in [0.25, 0.3) is 0 Å². The number of carbonyl (C=O) groups excluding carboxylic acids is 2. The van der Waals surface area contributed by atoms with Crippen LogP contribution in [0.15, 0.2) is 65.3 Å². The summed E-state index contributed by atoms with van der Waals surface area (Å²) in [5.41, 5.74) is 3.59. The van der Waals surface area contributed by atoms with E-state index in [1.807, 2.05) is 38.1 Å². The van der Waals surface area contributed by atoms with Crippen molar-refractivity contribution in [2.75, 3.05) is 6.61 Å². The zero-order valence-corrected chi connectivity index (χ0v) is 16.2. The average molecular weight is 377 g/mol. The van der Waals surface area contributed by atoms with E-state index in [2.05, 4.69) is 23.6 Å². The molecule has 0 radical (unpaired) electrons. The first-order chi connectivity index (χ1) is 13.5. The summed E-state index contributed by atoms with van der Waals surface area (Å²) in [6.45, 7) is 5.69. The summed E-state index contributed by atoms with van der Waals surface area (Å²) in [4.78, 5) is 24.4. The van der Waals surface area contributed by atoms with Crippen LogP contribution in [0, 0.1) is 13.8 Å². The van der Waals surface area contributed by atoms with Crippen LogP contribution in [0.3, 0.4) is 0 Å². The zero-order valence-electron chi connectivity index (χ0n) is 16.2. The molecule has 0 unspecified atom stereocenters. The number of aromatic nitrogens is 1. The van der Waals surface area contributed by atoms with Crippen LogP contribution in [-0.4, -0.2) is 22.9 Å². The van der Waals surface area contributed by atoms with Gasteiger partial charge in [0.15, 0.2) is 6.61 Å². The van der Waals surface area contributed by atoms with Crippen molar-refractivity contribution in [1.29, 1.82) is 0 Å². The van der Waals surface area contributed by atoms with Crippen molar-refractivity contribution in [2.24, 2.45) is 0 Å². The number of rotatable bonds is 7. The standard InChI is InChI=1S/C23H23NO4/c1-16-14-21(18(3)24(16)17(2)19-8-5-4-6-9-19)22(25)15-28-23(26)12-11-20-10-7-13-27-20/h4-14,17H,15H2,1-3H3/b12-11+/t17-/m0/s1. The molecule has 2 aromatic heterocycles. The first-order valence-corrected chi connectivity index (χ1v) is 9.12. The Kier molecular flexibility index (Phi) is 5.94. The summed E-state index contributed by atoms with van der Waals surface area (Å²) in [7, 11) is 0. The van der Waals surface area contributed by atoms with Crippen LogP contribution < -0.4 is 0 Å². The Morgan fingerprint density at radius 2 is 1.89 bits per heavy atom. The number of hydrogen-bond acceptors (Lipinski definition) is 4. The number of carbonyl (C=O) groups is 2. The third kappa shape index (κ3) is 4.31. The first kappa shape index (κ1) is 19.4. The molecular formula is C23H23NO4. The molecule has 1 aromatic carbocycles. The SMILES string of the molecule is Cc1cc(C(=O)COC(=O)/C=C/c2ccco2)c(C)n1[C@@H](C)c1ccccc1. The quantitative estimate of drug-likeness (QED) is 0.339. The highest BCUT2D eigenvalue weighted by Crippen LogP contribution is 2.25. The average Bonchev–Trinajstić information content (AvgIpc) is 3.32. The number of nitrogens with zero attached hydrogens (tertiary/aromatic N) is 1. The van der Waals surface area contributed by atoms with Gasteiger partial charge in [-0.15, -0.1) is 0 Å². The summed E-state index contributed by atoms with van der Waals surface area (Å²) < 4.78 is 12.3. The topological polar surface area (TPSA) is 61.4 Å². The molecule has 28 heavy (non-hydrogen) atoms. The Balaban J connectivity index is 1.68. The van der Waals surface area contributed by atoms with Gasteiger partial charge < -0.3 is 13.7 Å². The molecule has 0 bridgehead atoms. The predicted octanol–water partition coefficient (Wildman–Crippen LogP) is 4.75. The molecule has 0 aliphatic rings. The fourth-order valence-corrected chi connectivity index (χ4v) is 3.33. The van der Waals surface area contributed by atoms with E-state index in [9.17, 15) is 9.59 Å². The number of aryl methyl sites for hydroxylation is 1. The lowest BCUT2D eigenvalue weighted by Crippen LogP contribution is -2.15. The predicted molar refractivity (Wildman–Crippen MR) is 107 cm³/mol. The Labute approximate surface area is 164 Å². The second kappa shape index (κ2) is 8.57. The molecule has 0 amide bonds. The molecular weight excluding hydrogens is 354 g/mol. The molecule has 5 heteroatoms. The number of esters is 1. The van der Waals surface area contributed by atoms with Gasteiger partial charge in [-0.1, -0.05) is 30.3 Å².